The summed E-state index contributed by atoms with van der Waals surface area (Å²) >= 11 is 0. The number of carboxylic acids is 1. The van der Waals surface area contributed by atoms with E-state index in [4.69, 9.17) is 14.6 Å². The lowest BCUT2D eigenvalue weighted by molar-refractivity contribution is -0.134. The molecule has 0 spiro atoms. The Morgan fingerprint density at radius 1 is 0.767 bits per heavy atom. The highest BCUT2D eigenvalue weighted by atomic mass is 19.1. The Labute approximate surface area is 255 Å². The minimum absolute atomic E-state index is 0.136. The van der Waals surface area contributed by atoms with E-state index in [1.807, 2.05) is 30.3 Å². The van der Waals surface area contributed by atoms with E-state index in [0.717, 1.165) is 31.4 Å². The smallest absolute Gasteiger partial charge is 0.300 e. The third kappa shape index (κ3) is 16.7. The average Bonchev–Trinajstić information content (AvgIpc) is 2.89. The Morgan fingerprint density at radius 3 is 1.67 bits per heavy atom. The number of benzene rings is 3. The van der Waals surface area contributed by atoms with Gasteiger partial charge in [0.2, 0.25) is 0 Å². The summed E-state index contributed by atoms with van der Waals surface area (Å²) in [5, 5.41) is 37.2. The predicted octanol–water partition coefficient (Wildman–Crippen LogP) is 8.75. The first-order valence-electron chi connectivity index (χ1n) is 14.4. The Hall–Kier alpha value is -3.49. The first-order valence-corrected chi connectivity index (χ1v) is 14.4. The van der Waals surface area contributed by atoms with Crippen LogP contribution in [0.1, 0.15) is 103 Å². The molecule has 0 aliphatic rings. The van der Waals surface area contributed by atoms with Gasteiger partial charge in [-0.15, -0.1) is 0 Å². The number of hydrogen-bond donors (Lipinski definition) is 4. The zero-order valence-electron chi connectivity index (χ0n) is 26.4. The Balaban J connectivity index is 0.000000402. The summed E-state index contributed by atoms with van der Waals surface area (Å²) in [4.78, 5) is 9.00. The highest BCUT2D eigenvalue weighted by Gasteiger charge is 2.19. The molecule has 0 aromatic heterocycles. The number of phenols is 1. The van der Waals surface area contributed by atoms with Crippen molar-refractivity contribution in [3.8, 4) is 11.5 Å². The number of ether oxygens (including phenoxy) is 1. The van der Waals surface area contributed by atoms with Gasteiger partial charge in [-0.3, -0.25) is 4.79 Å². The molecule has 4 N–H and O–H groups in total. The number of rotatable bonds is 9. The molecule has 0 saturated carbocycles. The largest absolute Gasteiger partial charge is 0.507 e. The molecule has 0 aliphatic carbocycles. The average molecular weight is 603 g/mol. The molecule has 0 bridgehead atoms. The molecule has 0 fully saturated rings. The van der Waals surface area contributed by atoms with Gasteiger partial charge in [-0.2, -0.15) is 0 Å². The van der Waals surface area contributed by atoms with Crippen molar-refractivity contribution >= 4 is 5.97 Å². The number of phenolic OH excluding ortho intramolecular Hbond substituents is 1. The molecule has 3 aromatic rings. The maximum Gasteiger partial charge on any atom is 0.300 e. The molecule has 8 heteroatoms. The topological polar surface area (TPSA) is 107 Å². The van der Waals surface area contributed by atoms with Gasteiger partial charge in [-0.25, -0.2) is 8.78 Å². The Morgan fingerprint density at radius 2 is 1.21 bits per heavy atom. The Kier molecular flexibility index (Phi) is 15.3. The lowest BCUT2D eigenvalue weighted by Crippen LogP contribution is -2.09. The van der Waals surface area contributed by atoms with E-state index in [1.54, 1.807) is 6.07 Å². The van der Waals surface area contributed by atoms with E-state index >= 15 is 0 Å². The van der Waals surface area contributed by atoms with Crippen LogP contribution in [0.4, 0.5) is 8.78 Å². The van der Waals surface area contributed by atoms with E-state index in [1.165, 1.54) is 24.3 Å². The van der Waals surface area contributed by atoms with Crippen molar-refractivity contribution in [3.05, 3.63) is 95.1 Å². The zero-order valence-corrected chi connectivity index (χ0v) is 26.4. The number of aliphatic hydroxyl groups is 2. The minimum atomic E-state index is -0.833. The van der Waals surface area contributed by atoms with Gasteiger partial charge in [0.25, 0.3) is 5.97 Å². The highest BCUT2D eigenvalue weighted by molar-refractivity contribution is 5.62. The quantitative estimate of drug-likeness (QED) is 0.195. The van der Waals surface area contributed by atoms with Crippen molar-refractivity contribution < 1.29 is 38.7 Å². The van der Waals surface area contributed by atoms with Crippen LogP contribution >= 0.6 is 0 Å². The second kappa shape index (κ2) is 17.6. The molecule has 43 heavy (non-hydrogen) atoms. The van der Waals surface area contributed by atoms with Crippen LogP contribution in [0.15, 0.2) is 66.7 Å². The van der Waals surface area contributed by atoms with Gasteiger partial charge in [0.1, 0.15) is 29.7 Å². The van der Waals surface area contributed by atoms with E-state index in [2.05, 4.69) is 41.5 Å². The lowest BCUT2D eigenvalue weighted by atomic mass is 9.88. The van der Waals surface area contributed by atoms with Crippen LogP contribution in [-0.2, 0) is 11.4 Å². The highest BCUT2D eigenvalue weighted by Crippen LogP contribution is 2.33. The predicted molar refractivity (Wildman–Crippen MR) is 166 cm³/mol. The van der Waals surface area contributed by atoms with Crippen LogP contribution in [0.5, 0.6) is 11.5 Å². The normalized spacial score (nSPS) is 12.6. The summed E-state index contributed by atoms with van der Waals surface area (Å²) in [5.74, 6) is -1.46. The standard InChI is InChI=1S/C20H25FO2.C13H19FO2.C2H4O2/c1-20(2,3)12-11-18(22)17-10-9-16(21)13-19(17)23-14-15-7-5-4-6-8-15;1-13(2,3)7-6-11(15)10-5-4-9(14)8-12(10)16;1-2(3)4/h4-10,13,18,22H,11-12,14H2,1-3H3;4-5,8,11,15-16H,6-7H2,1-3H3;1H3,(H,3,4)/t18-;11-;/m00./s1. The van der Waals surface area contributed by atoms with Crippen molar-refractivity contribution in [2.45, 2.75) is 93.0 Å². The van der Waals surface area contributed by atoms with Gasteiger partial charge in [-0.1, -0.05) is 71.9 Å². The van der Waals surface area contributed by atoms with E-state index in [-0.39, 0.29) is 22.4 Å². The van der Waals surface area contributed by atoms with Gasteiger partial charge >= 0.3 is 0 Å². The van der Waals surface area contributed by atoms with Gasteiger partial charge in [0.05, 0.1) is 12.2 Å². The molecule has 0 unspecified atom stereocenters. The van der Waals surface area contributed by atoms with Gasteiger partial charge < -0.3 is 25.2 Å². The van der Waals surface area contributed by atoms with E-state index < -0.39 is 24.0 Å². The van der Waals surface area contributed by atoms with Crippen LogP contribution in [0.25, 0.3) is 0 Å². The van der Waals surface area contributed by atoms with Crippen molar-refractivity contribution in [1.29, 1.82) is 0 Å². The summed E-state index contributed by atoms with van der Waals surface area (Å²) in [6.07, 6.45) is 1.51. The molecule has 3 rings (SSSR count). The number of halogens is 2. The fraction of sp³-hybridized carbons (Fsp3) is 0.457. The molecule has 0 saturated heterocycles. The number of aliphatic hydroxyl groups excluding tert-OH is 2. The summed E-state index contributed by atoms with van der Waals surface area (Å²) in [5.41, 5.74) is 2.33. The molecule has 6 nitrogen and oxygen atoms in total. The number of aliphatic carboxylic acids is 1. The van der Waals surface area contributed by atoms with Gasteiger partial charge in [0, 0.05) is 30.2 Å². The summed E-state index contributed by atoms with van der Waals surface area (Å²) < 4.78 is 32.1. The first-order chi connectivity index (χ1) is 19.9. The Bertz CT molecular complexity index is 1250. The molecule has 3 aromatic carbocycles. The van der Waals surface area contributed by atoms with Gasteiger partial charge in [0.15, 0.2) is 0 Å². The number of carbonyl (C=O) groups is 1. The lowest BCUT2D eigenvalue weighted by Gasteiger charge is -2.22. The third-order valence-electron chi connectivity index (χ3n) is 6.26. The van der Waals surface area contributed by atoms with Crippen molar-refractivity contribution in [2.24, 2.45) is 10.8 Å². The maximum atomic E-state index is 13.5. The van der Waals surface area contributed by atoms with Crippen LogP contribution in [0.2, 0.25) is 0 Å². The SMILES string of the molecule is CC(=O)O.CC(C)(C)CC[C@H](O)c1ccc(F)cc1O.CC(C)(C)CC[C@H](O)c1ccc(F)cc1OCc1ccccc1. The van der Waals surface area contributed by atoms with E-state index in [0.29, 0.717) is 36.3 Å². The van der Waals surface area contributed by atoms with E-state index in [9.17, 15) is 24.1 Å². The molecule has 0 heterocycles. The fourth-order valence-corrected chi connectivity index (χ4v) is 3.89. The summed E-state index contributed by atoms with van der Waals surface area (Å²) in [7, 11) is 0. The number of carboxylic acid groups (broad SMARTS) is 1. The molecular weight excluding hydrogens is 554 g/mol. The number of aromatic hydroxyl groups is 1. The second-order valence-electron chi connectivity index (χ2n) is 12.9. The minimum Gasteiger partial charge on any atom is -0.507 e. The van der Waals surface area contributed by atoms with Crippen LogP contribution in [-0.4, -0.2) is 26.4 Å². The zero-order chi connectivity index (χ0) is 32.8. The van der Waals surface area contributed by atoms with Crippen LogP contribution in [0.3, 0.4) is 0 Å². The van der Waals surface area contributed by atoms with Crippen molar-refractivity contribution in [1.82, 2.24) is 0 Å². The first kappa shape index (κ1) is 37.5. The molecule has 0 amide bonds. The van der Waals surface area contributed by atoms with Crippen LogP contribution in [0, 0.1) is 22.5 Å². The molecule has 2 atom stereocenters. The van der Waals surface area contributed by atoms with Gasteiger partial charge in [-0.05, 0) is 66.3 Å². The second-order valence-corrected chi connectivity index (χ2v) is 12.9. The van der Waals surface area contributed by atoms with Crippen LogP contribution < -0.4 is 4.74 Å². The molecular formula is C35H48F2O6. The maximum absolute atomic E-state index is 13.5. The third-order valence-corrected chi connectivity index (χ3v) is 6.26. The monoisotopic (exact) mass is 602 g/mol. The summed E-state index contributed by atoms with van der Waals surface area (Å²) in [6.45, 7) is 14.1. The van der Waals surface area contributed by atoms with Crippen molar-refractivity contribution in [3.63, 3.8) is 0 Å². The fourth-order valence-electron chi connectivity index (χ4n) is 3.89. The molecule has 238 valence electrons. The number of hydrogen-bond acceptors (Lipinski definition) is 5. The molecule has 0 aliphatic heterocycles. The molecule has 0 radical (unpaired) electrons. The summed E-state index contributed by atoms with van der Waals surface area (Å²) in [6, 6.07) is 17.7. The van der Waals surface area contributed by atoms with Crippen molar-refractivity contribution in [2.75, 3.05) is 0 Å².